The van der Waals surface area contributed by atoms with Crippen LogP contribution >= 0.6 is 11.8 Å². The molecule has 1 atom stereocenters. The highest BCUT2D eigenvalue weighted by Crippen LogP contribution is 2.17. The zero-order valence-corrected chi connectivity index (χ0v) is 12.0. The number of hydrogen-bond donors (Lipinski definition) is 0. The van der Waals surface area contributed by atoms with Crippen molar-refractivity contribution in [3.63, 3.8) is 0 Å². The summed E-state index contributed by atoms with van der Waals surface area (Å²) < 4.78 is 5.31. The van der Waals surface area contributed by atoms with Gasteiger partial charge >= 0.3 is 0 Å². The molecule has 0 aromatic heterocycles. The molecule has 0 spiro atoms. The van der Waals surface area contributed by atoms with Crippen LogP contribution in [0.1, 0.15) is 17.3 Å². The highest BCUT2D eigenvalue weighted by Gasteiger charge is 2.23. The lowest BCUT2D eigenvalue weighted by Crippen LogP contribution is -2.45. The van der Waals surface area contributed by atoms with Gasteiger partial charge < -0.3 is 4.74 Å². The third-order valence-electron chi connectivity index (χ3n) is 3.43. The molecular formula is C14H21NO2S. The molecule has 1 unspecified atom stereocenters. The fourth-order valence-electron chi connectivity index (χ4n) is 2.17. The molecule has 3 nitrogen and oxygen atoms in total. The second kappa shape index (κ2) is 6.36. The zero-order chi connectivity index (χ0) is 13.0. The van der Waals surface area contributed by atoms with Gasteiger partial charge in [-0.05, 0) is 30.2 Å². The molecule has 1 saturated heterocycles. The molecular weight excluding hydrogens is 246 g/mol. The molecule has 2 rings (SSSR count). The molecule has 1 aliphatic rings. The van der Waals surface area contributed by atoms with Crippen LogP contribution in [-0.2, 0) is 4.74 Å². The molecule has 1 heterocycles. The van der Waals surface area contributed by atoms with Crippen molar-refractivity contribution in [1.29, 1.82) is 0 Å². The molecule has 1 aliphatic heterocycles. The first-order valence-corrected chi connectivity index (χ1v) is 7.86. The second-order valence-corrected chi connectivity index (χ2v) is 5.59. The van der Waals surface area contributed by atoms with E-state index in [9.17, 15) is 4.79 Å². The number of morpholine rings is 1. The minimum Gasteiger partial charge on any atom is -0.379 e. The summed E-state index contributed by atoms with van der Waals surface area (Å²) in [7, 11) is 0. The van der Waals surface area contributed by atoms with Crippen molar-refractivity contribution in [3.8, 4) is 0 Å². The van der Waals surface area contributed by atoms with Crippen LogP contribution in [0.5, 0.6) is 0 Å². The van der Waals surface area contributed by atoms with Crippen molar-refractivity contribution in [3.05, 3.63) is 29.8 Å². The number of carbonyl (C=O) groups excluding carboxylic acids is 1. The van der Waals surface area contributed by atoms with Crippen LogP contribution in [0.15, 0.2) is 29.2 Å². The number of Topliss-reactive ketones (excluding diaryl/α,β-unsaturated/α-hetero) is 1. The van der Waals surface area contributed by atoms with Crippen LogP contribution in [0.2, 0.25) is 0 Å². The monoisotopic (exact) mass is 267 g/mol. The highest BCUT2D eigenvalue weighted by atomic mass is 32.2. The van der Waals surface area contributed by atoms with Gasteiger partial charge in [0.1, 0.15) is 0 Å². The Bertz CT molecular complexity index is 399. The van der Waals surface area contributed by atoms with Crippen LogP contribution in [-0.4, -0.2) is 49.3 Å². The van der Waals surface area contributed by atoms with Gasteiger partial charge in [-0.1, -0.05) is 12.1 Å². The predicted molar refractivity (Wildman–Crippen MR) is 77.2 cm³/mol. The summed E-state index contributed by atoms with van der Waals surface area (Å²) in [6.45, 7) is 5.15. The fraction of sp³-hybridized carbons (Fsp3) is 0.500. The number of hydrogen-bond acceptors (Lipinski definition) is 3. The van der Waals surface area contributed by atoms with Crippen molar-refractivity contribution < 1.29 is 9.53 Å². The minimum atomic E-state index is -0.0520. The van der Waals surface area contributed by atoms with E-state index < -0.39 is 0 Å². The summed E-state index contributed by atoms with van der Waals surface area (Å²) in [5, 5.41) is 0. The van der Waals surface area contributed by atoms with Gasteiger partial charge in [-0.25, -0.2) is 11.8 Å². The van der Waals surface area contributed by atoms with Crippen LogP contribution in [0.25, 0.3) is 0 Å². The van der Waals surface area contributed by atoms with E-state index in [2.05, 4.69) is 23.3 Å². The standard InChI is InChI=1S/C14H21NO2S/c1-11(15-7-9-17-10-8-15)14(16)12-3-5-13(18-2)6-4-12/h3-6,11H,7-10,18H2,1-2H3. The van der Waals surface area contributed by atoms with E-state index in [1.807, 2.05) is 19.1 Å². The van der Waals surface area contributed by atoms with Crippen LogP contribution in [0.4, 0.5) is 0 Å². The molecule has 18 heavy (non-hydrogen) atoms. The zero-order valence-electron chi connectivity index (χ0n) is 11.0. The molecule has 1 fully saturated rings. The Kier molecular flexibility index (Phi) is 4.80. The predicted octanol–water partition coefficient (Wildman–Crippen LogP) is 1.78. The van der Waals surface area contributed by atoms with Crippen molar-refractivity contribution >= 4 is 17.5 Å². The number of ether oxygens (including phenoxy) is 1. The largest absolute Gasteiger partial charge is 0.379 e. The molecule has 1 aromatic carbocycles. The van der Waals surface area contributed by atoms with Gasteiger partial charge in [0, 0.05) is 18.7 Å². The Morgan fingerprint density at radius 3 is 2.44 bits per heavy atom. The lowest BCUT2D eigenvalue weighted by atomic mass is 10.0. The number of rotatable bonds is 4. The van der Waals surface area contributed by atoms with E-state index in [1.165, 1.54) is 4.90 Å². The lowest BCUT2D eigenvalue weighted by molar-refractivity contribution is 0.0208. The van der Waals surface area contributed by atoms with Crippen LogP contribution in [0.3, 0.4) is 0 Å². The molecule has 100 valence electrons. The summed E-state index contributed by atoms with van der Waals surface area (Å²) in [6, 6.07) is 7.95. The first-order valence-electron chi connectivity index (χ1n) is 6.36. The first-order chi connectivity index (χ1) is 8.72. The Morgan fingerprint density at radius 1 is 1.28 bits per heavy atom. The van der Waals surface area contributed by atoms with Gasteiger partial charge in [0.15, 0.2) is 5.78 Å². The van der Waals surface area contributed by atoms with Crippen LogP contribution in [0, 0.1) is 0 Å². The maximum atomic E-state index is 12.4. The molecule has 0 radical (unpaired) electrons. The third-order valence-corrected chi connectivity index (χ3v) is 4.34. The summed E-state index contributed by atoms with van der Waals surface area (Å²) >= 11 is 0.781. The number of benzene rings is 1. The molecule has 0 bridgehead atoms. The van der Waals surface area contributed by atoms with Gasteiger partial charge in [0.2, 0.25) is 0 Å². The Morgan fingerprint density at radius 2 is 1.89 bits per heavy atom. The van der Waals surface area contributed by atoms with Gasteiger partial charge in [-0.3, -0.25) is 9.69 Å². The van der Waals surface area contributed by atoms with E-state index in [0.29, 0.717) is 0 Å². The number of ketones is 1. The summed E-state index contributed by atoms with van der Waals surface area (Å²) in [5.41, 5.74) is 0.816. The van der Waals surface area contributed by atoms with Crippen LogP contribution < -0.4 is 0 Å². The van der Waals surface area contributed by atoms with Gasteiger partial charge in [-0.15, -0.1) is 0 Å². The average Bonchev–Trinajstić information content (AvgIpc) is 2.47. The van der Waals surface area contributed by atoms with Gasteiger partial charge in [-0.2, -0.15) is 0 Å². The Hall–Kier alpha value is -0.840. The smallest absolute Gasteiger partial charge is 0.179 e. The van der Waals surface area contributed by atoms with E-state index >= 15 is 0 Å². The summed E-state index contributed by atoms with van der Waals surface area (Å²) in [5.74, 6) is 0.211. The number of carbonyl (C=O) groups is 1. The number of nitrogens with zero attached hydrogens (tertiary/aromatic N) is 1. The highest BCUT2D eigenvalue weighted by molar-refractivity contribution is 7.98. The normalized spacial score (nSPS) is 19.7. The van der Waals surface area contributed by atoms with E-state index in [0.717, 1.165) is 43.6 Å². The first kappa shape index (κ1) is 13.6. The quantitative estimate of drug-likeness (QED) is 0.779. The minimum absolute atomic E-state index is 0.0520. The third kappa shape index (κ3) is 3.13. The maximum absolute atomic E-state index is 12.4. The topological polar surface area (TPSA) is 29.5 Å². The van der Waals surface area contributed by atoms with E-state index in [-0.39, 0.29) is 11.8 Å². The SMILES string of the molecule is C[SH2]c1ccc(C(=O)C(C)N2CCOCC2)cc1. The Balaban J connectivity index is 2.04. The summed E-state index contributed by atoms with van der Waals surface area (Å²) in [4.78, 5) is 15.9. The van der Waals surface area contributed by atoms with E-state index in [4.69, 9.17) is 4.74 Å². The fourth-order valence-corrected chi connectivity index (χ4v) is 2.67. The molecule has 0 saturated carbocycles. The average molecular weight is 267 g/mol. The van der Waals surface area contributed by atoms with Crippen molar-refractivity contribution in [2.24, 2.45) is 0 Å². The van der Waals surface area contributed by atoms with Crippen molar-refractivity contribution in [2.45, 2.75) is 17.9 Å². The summed E-state index contributed by atoms with van der Waals surface area (Å²) in [6.07, 6.45) is 2.15. The molecule has 0 aliphatic carbocycles. The van der Waals surface area contributed by atoms with Crippen molar-refractivity contribution in [1.82, 2.24) is 4.90 Å². The van der Waals surface area contributed by atoms with Gasteiger partial charge in [0.25, 0.3) is 0 Å². The second-order valence-electron chi connectivity index (χ2n) is 4.52. The molecule has 1 aromatic rings. The Labute approximate surface area is 113 Å². The maximum Gasteiger partial charge on any atom is 0.179 e. The van der Waals surface area contributed by atoms with Crippen molar-refractivity contribution in [2.75, 3.05) is 32.6 Å². The molecule has 4 heteroatoms. The lowest BCUT2D eigenvalue weighted by Gasteiger charge is -2.31. The molecule has 0 N–H and O–H groups in total. The molecule has 0 amide bonds. The van der Waals surface area contributed by atoms with Gasteiger partial charge in [0.05, 0.1) is 19.3 Å². The van der Waals surface area contributed by atoms with E-state index in [1.54, 1.807) is 0 Å².